The first-order valence-electron chi connectivity index (χ1n) is 7.66. The number of aromatic nitrogens is 2. The molecule has 0 saturated heterocycles. The Kier molecular flexibility index (Phi) is 6.01. The molecule has 0 aliphatic rings. The topological polar surface area (TPSA) is 46.9 Å². The van der Waals surface area contributed by atoms with Crippen LogP contribution in [-0.2, 0) is 11.3 Å². The Morgan fingerprint density at radius 3 is 2.73 bits per heavy atom. The molecule has 1 unspecified atom stereocenters. The Morgan fingerprint density at radius 2 is 2.05 bits per heavy atom. The van der Waals surface area contributed by atoms with Crippen LogP contribution in [0.1, 0.15) is 33.1 Å². The fourth-order valence-corrected chi connectivity index (χ4v) is 2.25. The van der Waals surface area contributed by atoms with E-state index in [4.69, 9.17) is 11.6 Å². The molecule has 0 spiro atoms. The molecule has 0 saturated carbocycles. The smallest absolute Gasteiger partial charge is 0.220 e. The van der Waals surface area contributed by atoms with Gasteiger partial charge < -0.3 is 5.32 Å². The van der Waals surface area contributed by atoms with Crippen LogP contribution in [0.4, 0.5) is 0 Å². The maximum atomic E-state index is 11.7. The quantitative estimate of drug-likeness (QED) is 0.841. The molecule has 0 aliphatic heterocycles. The molecule has 2 aromatic rings. The summed E-state index contributed by atoms with van der Waals surface area (Å²) in [5.41, 5.74) is 2.14. The molecule has 1 N–H and O–H groups in total. The van der Waals surface area contributed by atoms with E-state index in [1.807, 2.05) is 48.3 Å². The third kappa shape index (κ3) is 4.88. The fraction of sp³-hybridized carbons (Fsp3) is 0.412. The van der Waals surface area contributed by atoms with E-state index < -0.39 is 0 Å². The van der Waals surface area contributed by atoms with Crippen molar-refractivity contribution in [3.8, 4) is 11.1 Å². The van der Waals surface area contributed by atoms with Crippen molar-refractivity contribution < 1.29 is 4.79 Å². The molecule has 1 atom stereocenters. The van der Waals surface area contributed by atoms with Crippen molar-refractivity contribution in [3.63, 3.8) is 0 Å². The Morgan fingerprint density at radius 1 is 1.32 bits per heavy atom. The van der Waals surface area contributed by atoms with Crippen molar-refractivity contribution in [1.29, 1.82) is 0 Å². The van der Waals surface area contributed by atoms with Crippen LogP contribution in [0, 0.1) is 0 Å². The Hall–Kier alpha value is -1.81. The number of hydrogen-bond acceptors (Lipinski definition) is 2. The number of carbonyl (C=O) groups excluding carboxylic acids is 1. The number of halogens is 1. The number of carbonyl (C=O) groups is 1. The third-order valence-corrected chi connectivity index (χ3v) is 3.87. The van der Waals surface area contributed by atoms with Gasteiger partial charge in [0.2, 0.25) is 5.91 Å². The molecule has 0 bridgehead atoms. The van der Waals surface area contributed by atoms with Gasteiger partial charge >= 0.3 is 0 Å². The fourth-order valence-electron chi connectivity index (χ4n) is 2.13. The molecule has 4 nitrogen and oxygen atoms in total. The molecule has 1 amide bonds. The minimum absolute atomic E-state index is 0.111. The van der Waals surface area contributed by atoms with Gasteiger partial charge in [0.05, 0.1) is 6.20 Å². The molecule has 0 aliphatic carbocycles. The molecule has 1 heterocycles. The van der Waals surface area contributed by atoms with Gasteiger partial charge in [0, 0.05) is 35.8 Å². The van der Waals surface area contributed by atoms with Gasteiger partial charge in [-0.05, 0) is 37.5 Å². The molecule has 5 heteroatoms. The van der Waals surface area contributed by atoms with Gasteiger partial charge in [0.1, 0.15) is 0 Å². The maximum Gasteiger partial charge on any atom is 0.220 e. The first-order valence-corrected chi connectivity index (χ1v) is 8.04. The predicted octanol–water partition coefficient (Wildman–Crippen LogP) is 3.90. The SMILES string of the molecule is CCC(C)NC(=O)CCCn1cc(-c2ccc(Cl)cc2)cn1. The Balaban J connectivity index is 1.82. The Bertz CT molecular complexity index is 607. The molecule has 2 rings (SSSR count). The van der Waals surface area contributed by atoms with Gasteiger partial charge in [0.15, 0.2) is 0 Å². The van der Waals surface area contributed by atoms with Gasteiger partial charge in [-0.3, -0.25) is 9.48 Å². The van der Waals surface area contributed by atoms with Crippen molar-refractivity contribution in [2.75, 3.05) is 0 Å². The summed E-state index contributed by atoms with van der Waals surface area (Å²) in [7, 11) is 0. The predicted molar refractivity (Wildman–Crippen MR) is 89.8 cm³/mol. The average Bonchev–Trinajstić information content (AvgIpc) is 2.96. The van der Waals surface area contributed by atoms with Crippen LogP contribution < -0.4 is 5.32 Å². The number of nitrogens with one attached hydrogen (secondary N) is 1. The number of aryl methyl sites for hydroxylation is 1. The number of amides is 1. The lowest BCUT2D eigenvalue weighted by atomic mass is 10.1. The number of nitrogens with zero attached hydrogens (tertiary/aromatic N) is 2. The molecule has 0 radical (unpaired) electrons. The van der Waals surface area contributed by atoms with Crippen LogP contribution >= 0.6 is 11.6 Å². The van der Waals surface area contributed by atoms with Crippen LogP contribution in [0.5, 0.6) is 0 Å². The number of rotatable bonds is 7. The van der Waals surface area contributed by atoms with Crippen molar-refractivity contribution in [2.45, 2.75) is 45.7 Å². The second kappa shape index (κ2) is 7.99. The zero-order valence-electron chi connectivity index (χ0n) is 13.1. The van der Waals surface area contributed by atoms with Crippen LogP contribution in [-0.4, -0.2) is 21.7 Å². The third-order valence-electron chi connectivity index (χ3n) is 3.62. The lowest BCUT2D eigenvalue weighted by molar-refractivity contribution is -0.121. The van der Waals surface area contributed by atoms with Gasteiger partial charge in [-0.25, -0.2) is 0 Å². The highest BCUT2D eigenvalue weighted by Crippen LogP contribution is 2.20. The first-order chi connectivity index (χ1) is 10.6. The monoisotopic (exact) mass is 319 g/mol. The summed E-state index contributed by atoms with van der Waals surface area (Å²) in [5, 5.41) is 8.04. The molecule has 0 fully saturated rings. The van der Waals surface area contributed by atoms with Crippen molar-refractivity contribution >= 4 is 17.5 Å². The van der Waals surface area contributed by atoms with E-state index in [9.17, 15) is 4.79 Å². The summed E-state index contributed by atoms with van der Waals surface area (Å²) in [6.45, 7) is 4.82. The van der Waals surface area contributed by atoms with Gasteiger partial charge in [0.25, 0.3) is 0 Å². The van der Waals surface area contributed by atoms with Crippen molar-refractivity contribution in [3.05, 3.63) is 41.7 Å². The van der Waals surface area contributed by atoms with Crippen LogP contribution in [0.2, 0.25) is 5.02 Å². The highest BCUT2D eigenvalue weighted by Gasteiger charge is 2.06. The summed E-state index contributed by atoms with van der Waals surface area (Å²) in [4.78, 5) is 11.7. The molecule has 1 aromatic heterocycles. The molecule has 118 valence electrons. The normalized spacial score (nSPS) is 12.1. The molecule has 22 heavy (non-hydrogen) atoms. The van der Waals surface area contributed by atoms with E-state index in [2.05, 4.69) is 17.3 Å². The first kappa shape index (κ1) is 16.6. The average molecular weight is 320 g/mol. The number of hydrogen-bond donors (Lipinski definition) is 1. The zero-order valence-corrected chi connectivity index (χ0v) is 13.8. The summed E-state index contributed by atoms with van der Waals surface area (Å²) >= 11 is 5.89. The lowest BCUT2D eigenvalue weighted by Gasteiger charge is -2.10. The van der Waals surface area contributed by atoms with Crippen LogP contribution in [0.3, 0.4) is 0 Å². The largest absolute Gasteiger partial charge is 0.354 e. The van der Waals surface area contributed by atoms with Gasteiger partial charge in [-0.2, -0.15) is 5.10 Å². The summed E-state index contributed by atoms with van der Waals surface area (Å²) in [6, 6.07) is 7.93. The molecular formula is C17H22ClN3O. The minimum atomic E-state index is 0.111. The second-order valence-electron chi connectivity index (χ2n) is 5.48. The number of benzene rings is 1. The standard InChI is InChI=1S/C17H22ClN3O/c1-3-13(2)20-17(22)5-4-10-21-12-15(11-19-21)14-6-8-16(18)9-7-14/h6-9,11-13H,3-5,10H2,1-2H3,(H,20,22). The van der Waals surface area contributed by atoms with Crippen molar-refractivity contribution in [2.24, 2.45) is 0 Å². The van der Waals surface area contributed by atoms with E-state index in [1.54, 1.807) is 0 Å². The van der Waals surface area contributed by atoms with E-state index >= 15 is 0 Å². The van der Waals surface area contributed by atoms with E-state index in [1.165, 1.54) is 0 Å². The molecular weight excluding hydrogens is 298 g/mol. The summed E-state index contributed by atoms with van der Waals surface area (Å²) < 4.78 is 1.88. The van der Waals surface area contributed by atoms with E-state index in [-0.39, 0.29) is 11.9 Å². The Labute approximate surface area is 136 Å². The maximum absolute atomic E-state index is 11.7. The second-order valence-corrected chi connectivity index (χ2v) is 5.92. The summed E-state index contributed by atoms with van der Waals surface area (Å²) in [5.74, 6) is 0.111. The lowest BCUT2D eigenvalue weighted by Crippen LogP contribution is -2.31. The van der Waals surface area contributed by atoms with Crippen LogP contribution in [0.15, 0.2) is 36.7 Å². The highest BCUT2D eigenvalue weighted by atomic mass is 35.5. The minimum Gasteiger partial charge on any atom is -0.354 e. The summed E-state index contributed by atoms with van der Waals surface area (Å²) in [6.07, 6.45) is 6.10. The zero-order chi connectivity index (χ0) is 15.9. The van der Waals surface area contributed by atoms with E-state index in [0.29, 0.717) is 6.42 Å². The van der Waals surface area contributed by atoms with Crippen molar-refractivity contribution in [1.82, 2.24) is 15.1 Å². The molecule has 1 aromatic carbocycles. The van der Waals surface area contributed by atoms with Gasteiger partial charge in [-0.15, -0.1) is 0 Å². The van der Waals surface area contributed by atoms with Gasteiger partial charge in [-0.1, -0.05) is 30.7 Å². The van der Waals surface area contributed by atoms with E-state index in [0.717, 1.165) is 35.5 Å². The highest BCUT2D eigenvalue weighted by molar-refractivity contribution is 6.30. The van der Waals surface area contributed by atoms with Crippen LogP contribution in [0.25, 0.3) is 11.1 Å².